The first kappa shape index (κ1) is 11.4. The van der Waals surface area contributed by atoms with Crippen molar-refractivity contribution in [3.05, 3.63) is 12.0 Å². The first-order valence-electron chi connectivity index (χ1n) is 6.25. The zero-order valence-corrected chi connectivity index (χ0v) is 11.0. The molecule has 0 atom stereocenters. The quantitative estimate of drug-likeness (QED) is 0.872. The highest BCUT2D eigenvalue weighted by Gasteiger charge is 2.26. The van der Waals surface area contributed by atoms with Crippen molar-refractivity contribution in [2.24, 2.45) is 7.05 Å². The van der Waals surface area contributed by atoms with Gasteiger partial charge in [0, 0.05) is 20.1 Å². The van der Waals surface area contributed by atoms with Crippen LogP contribution < -0.4 is 5.32 Å². The standard InChI is InChI=1S/C12H18N6/c1-13-11-9-6-14-18(3)12(9)16-10(15-11)7-17(2)8-4-5-8/h6,8H,4-5,7H2,1-3H3,(H,13,15,16). The van der Waals surface area contributed by atoms with Gasteiger partial charge in [-0.05, 0) is 19.9 Å². The van der Waals surface area contributed by atoms with Gasteiger partial charge in [0.25, 0.3) is 0 Å². The van der Waals surface area contributed by atoms with Gasteiger partial charge in [0.15, 0.2) is 5.65 Å². The molecule has 0 aromatic carbocycles. The molecule has 1 fully saturated rings. The molecule has 1 aliphatic rings. The summed E-state index contributed by atoms with van der Waals surface area (Å²) in [5.74, 6) is 1.71. The minimum Gasteiger partial charge on any atom is -0.372 e. The minimum absolute atomic E-state index is 0.717. The van der Waals surface area contributed by atoms with E-state index in [0.717, 1.165) is 29.2 Å². The molecule has 96 valence electrons. The number of fused-ring (bicyclic) bond motifs is 1. The van der Waals surface area contributed by atoms with Gasteiger partial charge >= 0.3 is 0 Å². The maximum atomic E-state index is 4.60. The van der Waals surface area contributed by atoms with E-state index in [0.29, 0.717) is 6.04 Å². The van der Waals surface area contributed by atoms with Crippen molar-refractivity contribution < 1.29 is 0 Å². The molecule has 2 heterocycles. The molecule has 0 radical (unpaired) electrons. The molecule has 1 aliphatic carbocycles. The predicted molar refractivity (Wildman–Crippen MR) is 70.3 cm³/mol. The highest BCUT2D eigenvalue weighted by Crippen LogP contribution is 2.27. The molecule has 2 aromatic rings. The molecule has 0 amide bonds. The molecule has 2 aromatic heterocycles. The molecule has 0 bridgehead atoms. The fraction of sp³-hybridized carbons (Fsp3) is 0.583. The number of nitrogens with one attached hydrogen (secondary N) is 1. The smallest absolute Gasteiger partial charge is 0.163 e. The summed E-state index contributed by atoms with van der Waals surface area (Å²) in [5.41, 5.74) is 0.883. The summed E-state index contributed by atoms with van der Waals surface area (Å²) in [7, 11) is 5.92. The summed E-state index contributed by atoms with van der Waals surface area (Å²) in [5, 5.41) is 8.32. The molecule has 0 spiro atoms. The zero-order chi connectivity index (χ0) is 12.7. The van der Waals surface area contributed by atoms with Crippen LogP contribution in [0.25, 0.3) is 11.0 Å². The molecule has 0 aliphatic heterocycles. The first-order chi connectivity index (χ1) is 8.69. The third kappa shape index (κ3) is 1.92. The van der Waals surface area contributed by atoms with E-state index in [-0.39, 0.29) is 0 Å². The Morgan fingerprint density at radius 1 is 1.44 bits per heavy atom. The molecule has 6 heteroatoms. The minimum atomic E-state index is 0.717. The third-order valence-corrected chi connectivity index (χ3v) is 3.44. The Kier molecular flexibility index (Phi) is 2.66. The van der Waals surface area contributed by atoms with Gasteiger partial charge in [0.1, 0.15) is 11.6 Å². The summed E-state index contributed by atoms with van der Waals surface area (Å²) in [6.07, 6.45) is 4.39. The number of rotatable bonds is 4. The molecule has 3 rings (SSSR count). The van der Waals surface area contributed by atoms with Crippen LogP contribution in [-0.4, -0.2) is 44.8 Å². The molecular weight excluding hydrogens is 228 g/mol. The van der Waals surface area contributed by atoms with Crippen LogP contribution in [0.1, 0.15) is 18.7 Å². The number of hydrogen-bond acceptors (Lipinski definition) is 5. The van der Waals surface area contributed by atoms with E-state index in [4.69, 9.17) is 0 Å². The fourth-order valence-electron chi connectivity index (χ4n) is 2.20. The number of hydrogen-bond donors (Lipinski definition) is 1. The fourth-order valence-corrected chi connectivity index (χ4v) is 2.20. The summed E-state index contributed by atoms with van der Waals surface area (Å²) < 4.78 is 1.79. The first-order valence-corrected chi connectivity index (χ1v) is 6.25. The van der Waals surface area contributed by atoms with Crippen molar-refractivity contribution in [1.29, 1.82) is 0 Å². The lowest BCUT2D eigenvalue weighted by Gasteiger charge is -2.15. The highest BCUT2D eigenvalue weighted by atomic mass is 15.3. The Labute approximate surface area is 106 Å². The van der Waals surface area contributed by atoms with Crippen LogP contribution in [0.4, 0.5) is 5.82 Å². The molecule has 1 saturated carbocycles. The summed E-state index contributed by atoms with van der Waals surface area (Å²) in [4.78, 5) is 11.5. The molecular formula is C12H18N6. The van der Waals surface area contributed by atoms with Gasteiger partial charge in [-0.15, -0.1) is 0 Å². The molecule has 6 nitrogen and oxygen atoms in total. The number of aryl methyl sites for hydroxylation is 1. The van der Waals surface area contributed by atoms with Crippen molar-refractivity contribution in [3.8, 4) is 0 Å². The summed E-state index contributed by atoms with van der Waals surface area (Å²) >= 11 is 0. The van der Waals surface area contributed by atoms with Crippen molar-refractivity contribution in [3.63, 3.8) is 0 Å². The van der Waals surface area contributed by atoms with Crippen molar-refractivity contribution >= 4 is 16.9 Å². The van der Waals surface area contributed by atoms with Crippen LogP contribution in [0, 0.1) is 0 Å². The van der Waals surface area contributed by atoms with Crippen molar-refractivity contribution in [2.75, 3.05) is 19.4 Å². The number of aromatic nitrogens is 4. The van der Waals surface area contributed by atoms with E-state index in [2.05, 4.69) is 32.3 Å². The van der Waals surface area contributed by atoms with E-state index in [1.54, 1.807) is 10.9 Å². The second-order valence-corrected chi connectivity index (χ2v) is 4.89. The topological polar surface area (TPSA) is 58.9 Å². The second-order valence-electron chi connectivity index (χ2n) is 4.89. The maximum Gasteiger partial charge on any atom is 0.163 e. The SMILES string of the molecule is CNc1nc(CN(C)C2CC2)nc2c1cnn2C. The molecule has 18 heavy (non-hydrogen) atoms. The monoisotopic (exact) mass is 246 g/mol. The van der Waals surface area contributed by atoms with Gasteiger partial charge < -0.3 is 5.32 Å². The maximum absolute atomic E-state index is 4.60. The normalized spacial score (nSPS) is 15.6. The Morgan fingerprint density at radius 3 is 2.89 bits per heavy atom. The molecule has 1 N–H and O–H groups in total. The second kappa shape index (κ2) is 4.20. The van der Waals surface area contributed by atoms with Gasteiger partial charge in [-0.1, -0.05) is 0 Å². The summed E-state index contributed by atoms with van der Waals surface area (Å²) in [6.45, 7) is 0.792. The Balaban J connectivity index is 1.98. The number of anilines is 1. The van der Waals surface area contributed by atoms with Gasteiger partial charge in [-0.2, -0.15) is 5.10 Å². The average molecular weight is 246 g/mol. The molecule has 0 unspecified atom stereocenters. The van der Waals surface area contributed by atoms with Crippen LogP contribution in [0.5, 0.6) is 0 Å². The van der Waals surface area contributed by atoms with Gasteiger partial charge in [0.05, 0.1) is 18.1 Å². The van der Waals surface area contributed by atoms with E-state index < -0.39 is 0 Å². The van der Waals surface area contributed by atoms with Crippen molar-refractivity contribution in [2.45, 2.75) is 25.4 Å². The van der Waals surface area contributed by atoms with Crippen LogP contribution >= 0.6 is 0 Å². The lowest BCUT2D eigenvalue weighted by molar-refractivity contribution is 0.308. The molecule has 0 saturated heterocycles. The van der Waals surface area contributed by atoms with E-state index in [1.807, 2.05) is 14.1 Å². The van der Waals surface area contributed by atoms with Crippen LogP contribution in [0.3, 0.4) is 0 Å². The largest absolute Gasteiger partial charge is 0.372 e. The van der Waals surface area contributed by atoms with E-state index in [9.17, 15) is 0 Å². The van der Waals surface area contributed by atoms with Crippen LogP contribution in [0.2, 0.25) is 0 Å². The van der Waals surface area contributed by atoms with E-state index in [1.165, 1.54) is 12.8 Å². The third-order valence-electron chi connectivity index (χ3n) is 3.44. The van der Waals surface area contributed by atoms with E-state index >= 15 is 0 Å². The summed E-state index contributed by atoms with van der Waals surface area (Å²) in [6, 6.07) is 0.717. The Hall–Kier alpha value is -1.69. The lowest BCUT2D eigenvalue weighted by Crippen LogP contribution is -2.21. The number of nitrogens with zero attached hydrogens (tertiary/aromatic N) is 5. The van der Waals surface area contributed by atoms with Gasteiger partial charge in [-0.25, -0.2) is 9.97 Å². The Morgan fingerprint density at radius 2 is 2.22 bits per heavy atom. The zero-order valence-electron chi connectivity index (χ0n) is 11.0. The highest BCUT2D eigenvalue weighted by molar-refractivity contribution is 5.86. The Bertz CT molecular complexity index is 571. The van der Waals surface area contributed by atoms with Gasteiger partial charge in [-0.3, -0.25) is 9.58 Å². The van der Waals surface area contributed by atoms with Crippen LogP contribution in [0.15, 0.2) is 6.20 Å². The van der Waals surface area contributed by atoms with Crippen molar-refractivity contribution in [1.82, 2.24) is 24.6 Å². The van der Waals surface area contributed by atoms with Crippen LogP contribution in [-0.2, 0) is 13.6 Å². The predicted octanol–water partition coefficient (Wildman–Crippen LogP) is 0.999. The lowest BCUT2D eigenvalue weighted by atomic mass is 10.3. The average Bonchev–Trinajstić information content (AvgIpc) is 3.15. The van der Waals surface area contributed by atoms with Gasteiger partial charge in [0.2, 0.25) is 0 Å².